The molecule has 134 valence electrons. The molecule has 1 heterocycles. The Hall–Kier alpha value is -0.830. The van der Waals surface area contributed by atoms with Crippen LogP contribution in [-0.2, 0) is 11.3 Å². The number of aromatic nitrogens is 2. The zero-order valence-corrected chi connectivity index (χ0v) is 15.5. The maximum Gasteiger partial charge on any atom is 0.0946 e. The van der Waals surface area contributed by atoms with Crippen LogP contribution >= 0.6 is 0 Å². The standard InChI is InChI=1S/C20H38N2O/c1-3-5-7-9-10-11-13-17-23-20(14-12-8-6-4-2)18-22-16-15-21-19-22/h15-16,19-20H,3-14,17-18H2,1-2H3. The zero-order valence-electron chi connectivity index (χ0n) is 15.5. The van der Waals surface area contributed by atoms with Crippen LogP contribution in [0.3, 0.4) is 0 Å². The SMILES string of the molecule is CCCCCCCCCOC(CCCCCC)Cn1ccnc1. The molecule has 0 aliphatic carbocycles. The number of rotatable bonds is 16. The highest BCUT2D eigenvalue weighted by Gasteiger charge is 2.09. The third-order valence-corrected chi connectivity index (χ3v) is 4.45. The Labute approximate surface area is 143 Å². The van der Waals surface area contributed by atoms with Crippen molar-refractivity contribution in [3.63, 3.8) is 0 Å². The van der Waals surface area contributed by atoms with Gasteiger partial charge in [0, 0.05) is 25.5 Å². The second kappa shape index (κ2) is 14.7. The fraction of sp³-hybridized carbons (Fsp3) is 0.850. The molecule has 0 bridgehead atoms. The van der Waals surface area contributed by atoms with Gasteiger partial charge in [0.15, 0.2) is 0 Å². The van der Waals surface area contributed by atoms with Gasteiger partial charge in [-0.2, -0.15) is 0 Å². The van der Waals surface area contributed by atoms with E-state index in [0.717, 1.165) is 13.2 Å². The maximum absolute atomic E-state index is 6.17. The van der Waals surface area contributed by atoms with E-state index in [9.17, 15) is 0 Å². The predicted octanol–water partition coefficient (Wildman–Crippen LogP) is 5.99. The van der Waals surface area contributed by atoms with Crippen molar-refractivity contribution >= 4 is 0 Å². The van der Waals surface area contributed by atoms with Gasteiger partial charge < -0.3 is 9.30 Å². The summed E-state index contributed by atoms with van der Waals surface area (Å²) in [7, 11) is 0. The number of hydrogen-bond acceptors (Lipinski definition) is 2. The molecule has 1 aromatic heterocycles. The lowest BCUT2D eigenvalue weighted by molar-refractivity contribution is 0.0317. The Morgan fingerprint density at radius 2 is 1.52 bits per heavy atom. The molecule has 0 radical (unpaired) electrons. The van der Waals surface area contributed by atoms with E-state index in [0.29, 0.717) is 6.10 Å². The number of nitrogens with zero attached hydrogens (tertiary/aromatic N) is 2. The summed E-state index contributed by atoms with van der Waals surface area (Å²) in [5.74, 6) is 0. The summed E-state index contributed by atoms with van der Waals surface area (Å²) >= 11 is 0. The molecule has 0 N–H and O–H groups in total. The van der Waals surface area contributed by atoms with Gasteiger partial charge in [0.05, 0.1) is 12.4 Å². The van der Waals surface area contributed by atoms with Crippen LogP contribution in [0.1, 0.15) is 90.9 Å². The molecular weight excluding hydrogens is 284 g/mol. The van der Waals surface area contributed by atoms with Crippen LogP contribution in [0.2, 0.25) is 0 Å². The van der Waals surface area contributed by atoms with Crippen molar-refractivity contribution in [3.05, 3.63) is 18.7 Å². The lowest BCUT2D eigenvalue weighted by Crippen LogP contribution is -2.20. The quantitative estimate of drug-likeness (QED) is 0.350. The zero-order chi connectivity index (χ0) is 16.6. The van der Waals surface area contributed by atoms with Crippen molar-refractivity contribution in [1.29, 1.82) is 0 Å². The Morgan fingerprint density at radius 3 is 2.17 bits per heavy atom. The smallest absolute Gasteiger partial charge is 0.0946 e. The fourth-order valence-electron chi connectivity index (χ4n) is 2.97. The number of unbranched alkanes of at least 4 members (excludes halogenated alkanes) is 9. The number of ether oxygens (including phenoxy) is 1. The number of hydrogen-bond donors (Lipinski definition) is 0. The van der Waals surface area contributed by atoms with Gasteiger partial charge in [-0.15, -0.1) is 0 Å². The van der Waals surface area contributed by atoms with E-state index in [4.69, 9.17) is 4.74 Å². The highest BCUT2D eigenvalue weighted by atomic mass is 16.5. The minimum absolute atomic E-state index is 0.348. The topological polar surface area (TPSA) is 27.1 Å². The first kappa shape index (κ1) is 20.2. The van der Waals surface area contributed by atoms with E-state index in [2.05, 4.69) is 23.4 Å². The van der Waals surface area contributed by atoms with Gasteiger partial charge in [-0.3, -0.25) is 0 Å². The van der Waals surface area contributed by atoms with Gasteiger partial charge in [-0.25, -0.2) is 4.98 Å². The summed E-state index contributed by atoms with van der Waals surface area (Å²) in [5.41, 5.74) is 0. The molecule has 23 heavy (non-hydrogen) atoms. The van der Waals surface area contributed by atoms with Gasteiger partial charge in [0.1, 0.15) is 0 Å². The molecule has 1 rings (SSSR count). The Bertz CT molecular complexity index is 337. The van der Waals surface area contributed by atoms with Gasteiger partial charge in [0.2, 0.25) is 0 Å². The first-order valence-electron chi connectivity index (χ1n) is 9.94. The van der Waals surface area contributed by atoms with Crippen LogP contribution in [-0.4, -0.2) is 22.3 Å². The molecule has 0 saturated carbocycles. The lowest BCUT2D eigenvalue weighted by atomic mass is 10.1. The van der Waals surface area contributed by atoms with Gasteiger partial charge in [-0.05, 0) is 12.8 Å². The first-order valence-corrected chi connectivity index (χ1v) is 9.94. The molecule has 1 aromatic rings. The third kappa shape index (κ3) is 11.4. The molecule has 3 nitrogen and oxygen atoms in total. The van der Waals surface area contributed by atoms with Crippen LogP contribution in [0.5, 0.6) is 0 Å². The molecule has 0 spiro atoms. The van der Waals surface area contributed by atoms with Crippen LogP contribution in [0.4, 0.5) is 0 Å². The summed E-state index contributed by atoms with van der Waals surface area (Å²) < 4.78 is 8.32. The van der Waals surface area contributed by atoms with E-state index in [1.165, 1.54) is 77.0 Å². The molecule has 3 heteroatoms. The predicted molar refractivity (Wildman–Crippen MR) is 98.7 cm³/mol. The number of imidazole rings is 1. The van der Waals surface area contributed by atoms with Crippen molar-refractivity contribution in [2.75, 3.05) is 6.61 Å². The van der Waals surface area contributed by atoms with Crippen LogP contribution in [0.15, 0.2) is 18.7 Å². The van der Waals surface area contributed by atoms with Crippen molar-refractivity contribution in [3.8, 4) is 0 Å². The van der Waals surface area contributed by atoms with Crippen LogP contribution in [0, 0.1) is 0 Å². The molecule has 0 aliphatic heterocycles. The molecule has 1 unspecified atom stereocenters. The normalized spacial score (nSPS) is 12.6. The minimum atomic E-state index is 0.348. The lowest BCUT2D eigenvalue weighted by Gasteiger charge is -2.18. The van der Waals surface area contributed by atoms with E-state index >= 15 is 0 Å². The molecule has 0 fully saturated rings. The largest absolute Gasteiger partial charge is 0.376 e. The van der Waals surface area contributed by atoms with Crippen molar-refractivity contribution in [2.45, 2.75) is 104 Å². The van der Waals surface area contributed by atoms with E-state index < -0.39 is 0 Å². The van der Waals surface area contributed by atoms with Crippen LogP contribution in [0.25, 0.3) is 0 Å². The van der Waals surface area contributed by atoms with E-state index in [1.54, 1.807) is 0 Å². The third-order valence-electron chi connectivity index (χ3n) is 4.45. The fourth-order valence-corrected chi connectivity index (χ4v) is 2.97. The Morgan fingerprint density at radius 1 is 0.870 bits per heavy atom. The van der Waals surface area contributed by atoms with Gasteiger partial charge in [-0.1, -0.05) is 78.1 Å². The molecular formula is C20H38N2O. The summed E-state index contributed by atoms with van der Waals surface area (Å²) in [6.07, 6.45) is 22.0. The van der Waals surface area contributed by atoms with Crippen molar-refractivity contribution in [2.24, 2.45) is 0 Å². The molecule has 0 amide bonds. The molecule has 0 saturated heterocycles. The van der Waals surface area contributed by atoms with Gasteiger partial charge >= 0.3 is 0 Å². The summed E-state index contributed by atoms with van der Waals surface area (Å²) in [4.78, 5) is 4.14. The minimum Gasteiger partial charge on any atom is -0.376 e. The van der Waals surface area contributed by atoms with E-state index in [1.807, 2.05) is 18.7 Å². The monoisotopic (exact) mass is 322 g/mol. The summed E-state index contributed by atoms with van der Waals surface area (Å²) in [5, 5.41) is 0. The highest BCUT2D eigenvalue weighted by molar-refractivity contribution is 4.76. The highest BCUT2D eigenvalue weighted by Crippen LogP contribution is 2.12. The van der Waals surface area contributed by atoms with Crippen molar-refractivity contribution in [1.82, 2.24) is 9.55 Å². The second-order valence-corrected chi connectivity index (χ2v) is 6.72. The summed E-state index contributed by atoms with van der Waals surface area (Å²) in [6.45, 7) is 6.40. The van der Waals surface area contributed by atoms with Crippen molar-refractivity contribution < 1.29 is 4.74 Å². The summed E-state index contributed by atoms with van der Waals surface area (Å²) in [6, 6.07) is 0. The van der Waals surface area contributed by atoms with Crippen LogP contribution < -0.4 is 0 Å². The maximum atomic E-state index is 6.17. The molecule has 0 aromatic carbocycles. The van der Waals surface area contributed by atoms with E-state index in [-0.39, 0.29) is 0 Å². The molecule has 1 atom stereocenters. The Balaban J connectivity index is 2.13. The molecule has 0 aliphatic rings. The Kier molecular flexibility index (Phi) is 13.0. The van der Waals surface area contributed by atoms with Gasteiger partial charge in [0.25, 0.3) is 0 Å². The first-order chi connectivity index (χ1) is 11.4. The average molecular weight is 323 g/mol. The second-order valence-electron chi connectivity index (χ2n) is 6.72. The average Bonchev–Trinajstić information content (AvgIpc) is 3.06.